The summed E-state index contributed by atoms with van der Waals surface area (Å²) in [5.41, 5.74) is 0.762. The first kappa shape index (κ1) is 6.69. The molecule has 0 N–H and O–H groups in total. The van der Waals surface area contributed by atoms with Crippen LogP contribution in [-0.2, 0) is 0 Å². The number of rotatable bonds is 0. The van der Waals surface area contributed by atoms with E-state index in [9.17, 15) is 0 Å². The molecule has 0 unspecified atom stereocenters. The molecule has 2 saturated carbocycles. The molecule has 4 atom stereocenters. The summed E-state index contributed by atoms with van der Waals surface area (Å²) in [4.78, 5) is 0. The Morgan fingerprint density at radius 3 is 2.40 bits per heavy atom. The smallest absolute Gasteiger partial charge is 0.0241 e. The standard InChI is InChI=1S/C10H18/c1-7-5-4-6-9-8(2)10(7,9)3/h7-9H,4-6H2,1-3H3/t7-,8+,9-,10+/m0/s1. The molecule has 0 radical (unpaired) electrons. The van der Waals surface area contributed by atoms with Crippen molar-refractivity contribution in [2.45, 2.75) is 40.0 Å². The third-order valence-corrected chi connectivity index (χ3v) is 4.49. The summed E-state index contributed by atoms with van der Waals surface area (Å²) in [7, 11) is 0. The van der Waals surface area contributed by atoms with Gasteiger partial charge in [-0.25, -0.2) is 0 Å². The molecule has 2 aliphatic rings. The molecule has 2 aliphatic carbocycles. The van der Waals surface area contributed by atoms with E-state index in [1.54, 1.807) is 0 Å². The Balaban J connectivity index is 2.16. The lowest BCUT2D eigenvalue weighted by atomic mass is 9.80. The zero-order valence-corrected chi connectivity index (χ0v) is 7.35. The predicted octanol–water partition coefficient (Wildman–Crippen LogP) is 3.08. The Morgan fingerprint density at radius 2 is 1.90 bits per heavy atom. The van der Waals surface area contributed by atoms with Crippen molar-refractivity contribution in [1.29, 1.82) is 0 Å². The van der Waals surface area contributed by atoms with Gasteiger partial charge in [-0.3, -0.25) is 0 Å². The highest BCUT2D eigenvalue weighted by atomic mass is 14.7. The maximum Gasteiger partial charge on any atom is -0.0241 e. The van der Waals surface area contributed by atoms with Crippen LogP contribution in [0.2, 0.25) is 0 Å². The lowest BCUT2D eigenvalue weighted by Gasteiger charge is -2.25. The molecule has 0 aliphatic heterocycles. The van der Waals surface area contributed by atoms with Gasteiger partial charge in [-0.1, -0.05) is 33.6 Å². The highest BCUT2D eigenvalue weighted by molar-refractivity contribution is 5.09. The Bertz CT molecular complexity index is 142. The van der Waals surface area contributed by atoms with Crippen LogP contribution in [0.25, 0.3) is 0 Å². The second kappa shape index (κ2) is 1.78. The molecule has 0 amide bonds. The zero-order chi connectivity index (χ0) is 7.35. The van der Waals surface area contributed by atoms with Gasteiger partial charge in [0.1, 0.15) is 0 Å². The third kappa shape index (κ3) is 0.580. The van der Waals surface area contributed by atoms with E-state index in [-0.39, 0.29) is 0 Å². The van der Waals surface area contributed by atoms with Crippen LogP contribution in [-0.4, -0.2) is 0 Å². The second-order valence-electron chi connectivity index (χ2n) is 4.59. The Hall–Kier alpha value is 0. The van der Waals surface area contributed by atoms with Crippen molar-refractivity contribution in [2.75, 3.05) is 0 Å². The lowest BCUT2D eigenvalue weighted by molar-refractivity contribution is 0.249. The summed E-state index contributed by atoms with van der Waals surface area (Å²) in [6, 6.07) is 0. The maximum absolute atomic E-state index is 2.49. The molecule has 58 valence electrons. The van der Waals surface area contributed by atoms with Crippen molar-refractivity contribution in [3.63, 3.8) is 0 Å². The van der Waals surface area contributed by atoms with Crippen LogP contribution in [0, 0.1) is 23.2 Å². The summed E-state index contributed by atoms with van der Waals surface area (Å²) in [5.74, 6) is 3.13. The first-order chi connectivity index (χ1) is 4.67. The number of hydrogen-bond acceptors (Lipinski definition) is 0. The van der Waals surface area contributed by atoms with E-state index in [2.05, 4.69) is 20.8 Å². The van der Waals surface area contributed by atoms with Crippen molar-refractivity contribution < 1.29 is 0 Å². The molecule has 0 heteroatoms. The van der Waals surface area contributed by atoms with Crippen molar-refractivity contribution in [2.24, 2.45) is 23.2 Å². The van der Waals surface area contributed by atoms with Crippen molar-refractivity contribution in [1.82, 2.24) is 0 Å². The topological polar surface area (TPSA) is 0 Å². The minimum absolute atomic E-state index is 0.762. The van der Waals surface area contributed by atoms with Crippen molar-refractivity contribution in [3.8, 4) is 0 Å². The maximum atomic E-state index is 2.49. The SMILES string of the molecule is C[C@@H]1[C@@H]2CCC[C@H](C)[C@]12C. The third-order valence-electron chi connectivity index (χ3n) is 4.49. The van der Waals surface area contributed by atoms with E-state index >= 15 is 0 Å². The normalized spacial score (nSPS) is 59.7. The van der Waals surface area contributed by atoms with Crippen LogP contribution in [0.3, 0.4) is 0 Å². The summed E-state index contributed by atoms with van der Waals surface area (Å²) in [6.07, 6.45) is 4.49. The Labute approximate surface area is 64.0 Å². The Kier molecular flexibility index (Phi) is 1.19. The summed E-state index contributed by atoms with van der Waals surface area (Å²) in [5, 5.41) is 0. The molecule has 0 aromatic rings. The Morgan fingerprint density at radius 1 is 1.20 bits per heavy atom. The van der Waals surface area contributed by atoms with Crippen LogP contribution in [0.1, 0.15) is 40.0 Å². The van der Waals surface area contributed by atoms with Crippen LogP contribution < -0.4 is 0 Å². The van der Waals surface area contributed by atoms with Crippen LogP contribution in [0.4, 0.5) is 0 Å². The van der Waals surface area contributed by atoms with E-state index in [0.717, 1.165) is 23.2 Å². The predicted molar refractivity (Wildman–Crippen MR) is 43.8 cm³/mol. The molecular weight excluding hydrogens is 120 g/mol. The van der Waals surface area contributed by atoms with E-state index in [1.807, 2.05) is 0 Å². The van der Waals surface area contributed by atoms with Crippen LogP contribution in [0.15, 0.2) is 0 Å². The number of fused-ring (bicyclic) bond motifs is 1. The van der Waals surface area contributed by atoms with Crippen LogP contribution >= 0.6 is 0 Å². The fourth-order valence-corrected chi connectivity index (χ4v) is 3.19. The van der Waals surface area contributed by atoms with Gasteiger partial charge in [0.25, 0.3) is 0 Å². The van der Waals surface area contributed by atoms with Gasteiger partial charge < -0.3 is 0 Å². The van der Waals surface area contributed by atoms with Crippen LogP contribution in [0.5, 0.6) is 0 Å². The van der Waals surface area contributed by atoms with Gasteiger partial charge in [-0.05, 0) is 29.6 Å². The summed E-state index contributed by atoms with van der Waals surface area (Å²) >= 11 is 0. The first-order valence-corrected chi connectivity index (χ1v) is 4.67. The fraction of sp³-hybridized carbons (Fsp3) is 1.00. The first-order valence-electron chi connectivity index (χ1n) is 4.67. The molecule has 0 nitrogen and oxygen atoms in total. The van der Waals surface area contributed by atoms with Gasteiger partial charge in [0.15, 0.2) is 0 Å². The largest absolute Gasteiger partial charge is 0.0620 e. The lowest BCUT2D eigenvalue weighted by Crippen LogP contribution is -2.16. The van der Waals surface area contributed by atoms with E-state index in [4.69, 9.17) is 0 Å². The minimum Gasteiger partial charge on any atom is -0.0620 e. The monoisotopic (exact) mass is 138 g/mol. The van der Waals surface area contributed by atoms with Gasteiger partial charge in [0, 0.05) is 0 Å². The van der Waals surface area contributed by atoms with Crippen molar-refractivity contribution >= 4 is 0 Å². The average Bonchev–Trinajstić information content (AvgIpc) is 2.42. The van der Waals surface area contributed by atoms with Crippen molar-refractivity contribution in [3.05, 3.63) is 0 Å². The molecule has 2 fully saturated rings. The molecule has 0 aromatic heterocycles. The quantitative estimate of drug-likeness (QED) is 0.482. The molecule has 0 spiro atoms. The highest BCUT2D eigenvalue weighted by Gasteiger charge is 2.61. The second-order valence-corrected chi connectivity index (χ2v) is 4.59. The molecule has 0 bridgehead atoms. The molecule has 10 heavy (non-hydrogen) atoms. The average molecular weight is 138 g/mol. The van der Waals surface area contributed by atoms with Gasteiger partial charge in [-0.15, -0.1) is 0 Å². The van der Waals surface area contributed by atoms with Gasteiger partial charge >= 0.3 is 0 Å². The molecular formula is C10H18. The molecule has 0 saturated heterocycles. The molecule has 0 heterocycles. The minimum atomic E-state index is 0.762. The molecule has 2 rings (SSSR count). The van der Waals surface area contributed by atoms with Gasteiger partial charge in [-0.2, -0.15) is 0 Å². The number of hydrogen-bond donors (Lipinski definition) is 0. The van der Waals surface area contributed by atoms with Gasteiger partial charge in [0.05, 0.1) is 0 Å². The summed E-state index contributed by atoms with van der Waals surface area (Å²) in [6.45, 7) is 7.37. The summed E-state index contributed by atoms with van der Waals surface area (Å²) < 4.78 is 0. The molecule has 0 aromatic carbocycles. The van der Waals surface area contributed by atoms with E-state index in [1.165, 1.54) is 19.3 Å². The zero-order valence-electron chi connectivity index (χ0n) is 7.35. The van der Waals surface area contributed by atoms with E-state index < -0.39 is 0 Å². The fourth-order valence-electron chi connectivity index (χ4n) is 3.19. The highest BCUT2D eigenvalue weighted by Crippen LogP contribution is 2.68. The van der Waals surface area contributed by atoms with Gasteiger partial charge in [0.2, 0.25) is 0 Å². The van der Waals surface area contributed by atoms with E-state index in [0.29, 0.717) is 0 Å².